The van der Waals surface area contributed by atoms with Crippen LogP contribution in [-0.4, -0.2) is 43.4 Å². The Bertz CT molecular complexity index is 794. The minimum absolute atomic E-state index is 0.629. The molecule has 1 heterocycles. The zero-order valence-corrected chi connectivity index (χ0v) is 14.4. The van der Waals surface area contributed by atoms with E-state index in [0.717, 1.165) is 66.4 Å². The van der Waals surface area contributed by atoms with E-state index in [9.17, 15) is 5.11 Å². The van der Waals surface area contributed by atoms with E-state index in [2.05, 4.69) is 17.1 Å². The Balaban J connectivity index is 1.79. The average molecular weight is 337 g/mol. The summed E-state index contributed by atoms with van der Waals surface area (Å²) in [7, 11) is 1.70. The van der Waals surface area contributed by atoms with Gasteiger partial charge in [-0.15, -0.1) is 0 Å². The molecule has 2 aromatic carbocycles. The van der Waals surface area contributed by atoms with E-state index in [-0.39, 0.29) is 0 Å². The molecule has 2 aliphatic rings. The lowest BCUT2D eigenvalue weighted by atomic mass is 9.93. The van der Waals surface area contributed by atoms with Gasteiger partial charge >= 0.3 is 0 Å². The molecule has 4 nitrogen and oxygen atoms in total. The lowest BCUT2D eigenvalue weighted by Crippen LogP contribution is -2.36. The minimum Gasteiger partial charge on any atom is -0.496 e. The second kappa shape index (κ2) is 7.00. The first-order valence-corrected chi connectivity index (χ1v) is 8.73. The van der Waals surface area contributed by atoms with Gasteiger partial charge in [-0.2, -0.15) is 0 Å². The van der Waals surface area contributed by atoms with Gasteiger partial charge in [0.15, 0.2) is 0 Å². The van der Waals surface area contributed by atoms with Crippen molar-refractivity contribution in [2.24, 2.45) is 0 Å². The highest BCUT2D eigenvalue weighted by Gasteiger charge is 2.24. The van der Waals surface area contributed by atoms with E-state index in [1.54, 1.807) is 7.11 Å². The van der Waals surface area contributed by atoms with E-state index >= 15 is 0 Å². The summed E-state index contributed by atoms with van der Waals surface area (Å²) in [6.45, 7) is 4.16. The number of rotatable bonds is 3. The molecule has 0 radical (unpaired) electrons. The van der Waals surface area contributed by atoms with Crippen LogP contribution in [0.1, 0.15) is 33.9 Å². The first-order chi connectivity index (χ1) is 12.3. The van der Waals surface area contributed by atoms with Crippen molar-refractivity contribution >= 4 is 12.2 Å². The molecule has 0 amide bonds. The van der Waals surface area contributed by atoms with Gasteiger partial charge in [0.05, 0.1) is 20.3 Å². The van der Waals surface area contributed by atoms with E-state index < -0.39 is 6.10 Å². The highest BCUT2D eigenvalue weighted by atomic mass is 16.5. The molecule has 4 rings (SSSR count). The summed E-state index contributed by atoms with van der Waals surface area (Å²) >= 11 is 0. The van der Waals surface area contributed by atoms with Crippen LogP contribution in [-0.2, 0) is 11.3 Å². The average Bonchev–Trinajstić information content (AvgIpc) is 2.81. The highest BCUT2D eigenvalue weighted by molar-refractivity contribution is 5.78. The number of morpholine rings is 1. The quantitative estimate of drug-likeness (QED) is 0.934. The van der Waals surface area contributed by atoms with Crippen molar-refractivity contribution in [2.75, 3.05) is 33.4 Å². The Morgan fingerprint density at radius 1 is 1.08 bits per heavy atom. The van der Waals surface area contributed by atoms with Gasteiger partial charge in [0.2, 0.25) is 0 Å². The van der Waals surface area contributed by atoms with E-state index in [0.29, 0.717) is 0 Å². The van der Waals surface area contributed by atoms with Crippen molar-refractivity contribution in [2.45, 2.75) is 12.6 Å². The van der Waals surface area contributed by atoms with Crippen LogP contribution >= 0.6 is 0 Å². The van der Waals surface area contributed by atoms with Crippen LogP contribution in [0.5, 0.6) is 5.75 Å². The van der Waals surface area contributed by atoms with Gasteiger partial charge in [-0.3, -0.25) is 4.90 Å². The van der Waals surface area contributed by atoms with Crippen molar-refractivity contribution in [1.82, 2.24) is 4.90 Å². The Hall–Kier alpha value is -2.14. The molecule has 1 saturated heterocycles. The summed E-state index contributed by atoms with van der Waals surface area (Å²) in [5.41, 5.74) is 5.13. The van der Waals surface area contributed by atoms with E-state index in [1.807, 2.05) is 36.4 Å². The summed E-state index contributed by atoms with van der Waals surface area (Å²) in [6, 6.07) is 12.0. The number of methoxy groups -OCH3 is 1. The smallest absolute Gasteiger partial charge is 0.123 e. The van der Waals surface area contributed by atoms with Crippen LogP contribution in [0.3, 0.4) is 0 Å². The third-order valence-electron chi connectivity index (χ3n) is 5.07. The number of fused-ring (bicyclic) bond motifs is 2. The molecule has 1 unspecified atom stereocenters. The first-order valence-electron chi connectivity index (χ1n) is 8.73. The molecule has 1 aliphatic heterocycles. The first kappa shape index (κ1) is 16.3. The van der Waals surface area contributed by atoms with Crippen LogP contribution in [0.15, 0.2) is 36.4 Å². The lowest BCUT2D eigenvalue weighted by molar-refractivity contribution is 0.0338. The molecule has 0 bridgehead atoms. The number of hydrogen-bond donors (Lipinski definition) is 1. The van der Waals surface area contributed by atoms with Gasteiger partial charge in [0.1, 0.15) is 11.9 Å². The lowest BCUT2D eigenvalue weighted by Gasteiger charge is -2.28. The zero-order valence-electron chi connectivity index (χ0n) is 14.4. The largest absolute Gasteiger partial charge is 0.496 e. The summed E-state index contributed by atoms with van der Waals surface area (Å²) in [5.74, 6) is 0.869. The fourth-order valence-electron chi connectivity index (χ4n) is 3.69. The molecule has 0 saturated carbocycles. The maximum absolute atomic E-state index is 11.0. The Kier molecular flexibility index (Phi) is 4.57. The van der Waals surface area contributed by atoms with E-state index in [4.69, 9.17) is 9.47 Å². The van der Waals surface area contributed by atoms with Crippen molar-refractivity contribution in [3.8, 4) is 5.75 Å². The van der Waals surface area contributed by atoms with Crippen LogP contribution in [0.25, 0.3) is 12.2 Å². The maximum Gasteiger partial charge on any atom is 0.123 e. The van der Waals surface area contributed by atoms with Gasteiger partial charge in [-0.05, 0) is 28.3 Å². The second-order valence-corrected chi connectivity index (χ2v) is 6.50. The molecular formula is C21H23NO3. The van der Waals surface area contributed by atoms with Crippen LogP contribution in [0.2, 0.25) is 0 Å². The molecule has 1 N–H and O–H groups in total. The predicted molar refractivity (Wildman–Crippen MR) is 98.5 cm³/mol. The van der Waals surface area contributed by atoms with Crippen LogP contribution < -0.4 is 4.74 Å². The second-order valence-electron chi connectivity index (χ2n) is 6.50. The standard InChI is InChI=1S/C21H23NO3/c1-24-20-9-8-18-17(19(20)14-22-10-12-25-13-11-22)7-6-15-4-2-3-5-16(15)21(18)23/h2-9,21,23H,10-14H2,1H3. The molecule has 1 aliphatic carbocycles. The summed E-state index contributed by atoms with van der Waals surface area (Å²) in [5, 5.41) is 11.0. The number of aliphatic hydroxyl groups is 1. The van der Waals surface area contributed by atoms with Gasteiger partial charge in [-0.1, -0.05) is 42.5 Å². The summed E-state index contributed by atoms with van der Waals surface area (Å²) < 4.78 is 11.1. The number of nitrogens with zero attached hydrogens (tertiary/aromatic N) is 1. The third-order valence-corrected chi connectivity index (χ3v) is 5.07. The number of ether oxygens (including phenoxy) is 2. The maximum atomic E-state index is 11.0. The van der Waals surface area contributed by atoms with Crippen LogP contribution in [0.4, 0.5) is 0 Å². The molecule has 1 atom stereocenters. The fourth-order valence-corrected chi connectivity index (χ4v) is 3.69. The molecule has 25 heavy (non-hydrogen) atoms. The Labute approximate surface area is 148 Å². The van der Waals surface area contributed by atoms with Gasteiger partial charge in [0.25, 0.3) is 0 Å². The predicted octanol–water partition coefficient (Wildman–Crippen LogP) is 3.09. The molecule has 1 fully saturated rings. The molecule has 0 aromatic heterocycles. The number of aliphatic hydroxyl groups excluding tert-OH is 1. The molecule has 4 heteroatoms. The topological polar surface area (TPSA) is 41.9 Å². The Morgan fingerprint density at radius 3 is 2.68 bits per heavy atom. The summed E-state index contributed by atoms with van der Waals surface area (Å²) in [4.78, 5) is 2.37. The molecule has 2 aromatic rings. The number of benzene rings is 2. The number of hydrogen-bond acceptors (Lipinski definition) is 4. The van der Waals surface area contributed by atoms with E-state index in [1.165, 1.54) is 0 Å². The molecular weight excluding hydrogens is 314 g/mol. The van der Waals surface area contributed by atoms with Gasteiger partial charge in [0, 0.05) is 25.2 Å². The van der Waals surface area contributed by atoms with Crippen molar-refractivity contribution in [3.05, 3.63) is 64.2 Å². The zero-order chi connectivity index (χ0) is 17.2. The fraction of sp³-hybridized carbons (Fsp3) is 0.333. The third kappa shape index (κ3) is 3.09. The molecule has 130 valence electrons. The monoisotopic (exact) mass is 337 g/mol. The van der Waals surface area contributed by atoms with Gasteiger partial charge < -0.3 is 14.6 Å². The normalized spacial score (nSPS) is 19.8. The van der Waals surface area contributed by atoms with Gasteiger partial charge in [-0.25, -0.2) is 0 Å². The minimum atomic E-state index is -0.629. The SMILES string of the molecule is COc1ccc2c(c1CN1CCOCC1)C=Cc1ccccc1C2O. The summed E-state index contributed by atoms with van der Waals surface area (Å²) in [6.07, 6.45) is 3.57. The van der Waals surface area contributed by atoms with Crippen molar-refractivity contribution < 1.29 is 14.6 Å². The molecule has 0 spiro atoms. The van der Waals surface area contributed by atoms with Crippen molar-refractivity contribution in [3.63, 3.8) is 0 Å². The van der Waals surface area contributed by atoms with Crippen molar-refractivity contribution in [1.29, 1.82) is 0 Å². The van der Waals surface area contributed by atoms with Crippen LogP contribution in [0, 0.1) is 0 Å². The Morgan fingerprint density at radius 2 is 1.88 bits per heavy atom. The highest BCUT2D eigenvalue weighted by Crippen LogP contribution is 2.37.